The number of morpholine rings is 1. The van der Waals surface area contributed by atoms with Gasteiger partial charge in [-0.3, -0.25) is 9.69 Å². The number of nitrogens with one attached hydrogen (secondary N) is 1. The Labute approximate surface area is 140 Å². The fourth-order valence-corrected chi connectivity index (χ4v) is 4.17. The molecule has 3 aliphatic rings. The molecule has 1 amide bonds. The normalized spacial score (nSPS) is 25.7. The highest BCUT2D eigenvalue weighted by atomic mass is 16.5. The molecule has 3 saturated heterocycles. The summed E-state index contributed by atoms with van der Waals surface area (Å²) in [6.07, 6.45) is 6.70. The van der Waals surface area contributed by atoms with E-state index < -0.39 is 0 Å². The molecule has 0 unspecified atom stereocenters. The molecule has 23 heavy (non-hydrogen) atoms. The summed E-state index contributed by atoms with van der Waals surface area (Å²) < 4.78 is 5.42. The van der Waals surface area contributed by atoms with Crippen molar-refractivity contribution < 1.29 is 9.53 Å². The monoisotopic (exact) mass is 323 g/mol. The Hall–Kier alpha value is -0.650. The van der Waals surface area contributed by atoms with Crippen molar-refractivity contribution >= 4 is 5.91 Å². The van der Waals surface area contributed by atoms with Crippen molar-refractivity contribution in [3.05, 3.63) is 0 Å². The van der Waals surface area contributed by atoms with Gasteiger partial charge in [-0.2, -0.15) is 0 Å². The van der Waals surface area contributed by atoms with Gasteiger partial charge in [0, 0.05) is 39.1 Å². The Morgan fingerprint density at radius 3 is 2.35 bits per heavy atom. The van der Waals surface area contributed by atoms with Gasteiger partial charge in [-0.05, 0) is 57.0 Å². The highest BCUT2D eigenvalue weighted by Gasteiger charge is 2.25. The number of ether oxygens (including phenoxy) is 1. The van der Waals surface area contributed by atoms with E-state index in [1.807, 2.05) is 0 Å². The Morgan fingerprint density at radius 1 is 0.957 bits per heavy atom. The van der Waals surface area contributed by atoms with Gasteiger partial charge in [0.05, 0.1) is 13.2 Å². The minimum Gasteiger partial charge on any atom is -0.379 e. The molecule has 5 heteroatoms. The van der Waals surface area contributed by atoms with Crippen LogP contribution >= 0.6 is 0 Å². The maximum absolute atomic E-state index is 12.4. The SMILES string of the molecule is O=C(CCC1CCNCC1)N1CCC(CN2CCOCC2)CC1. The van der Waals surface area contributed by atoms with Crippen LogP contribution in [-0.4, -0.2) is 74.7 Å². The lowest BCUT2D eigenvalue weighted by Gasteiger charge is -2.36. The van der Waals surface area contributed by atoms with Gasteiger partial charge in [-0.1, -0.05) is 0 Å². The summed E-state index contributed by atoms with van der Waals surface area (Å²) in [6.45, 7) is 9.32. The van der Waals surface area contributed by atoms with Gasteiger partial charge >= 0.3 is 0 Å². The summed E-state index contributed by atoms with van der Waals surface area (Å²) >= 11 is 0. The molecule has 0 radical (unpaired) electrons. The molecular formula is C18H33N3O2. The lowest BCUT2D eigenvalue weighted by Crippen LogP contribution is -2.44. The lowest BCUT2D eigenvalue weighted by molar-refractivity contribution is -0.133. The molecule has 0 atom stereocenters. The lowest BCUT2D eigenvalue weighted by atomic mass is 9.92. The van der Waals surface area contributed by atoms with Crippen LogP contribution in [0.1, 0.15) is 38.5 Å². The van der Waals surface area contributed by atoms with Crippen molar-refractivity contribution in [2.24, 2.45) is 11.8 Å². The Morgan fingerprint density at radius 2 is 1.65 bits per heavy atom. The van der Waals surface area contributed by atoms with E-state index in [9.17, 15) is 4.79 Å². The van der Waals surface area contributed by atoms with Gasteiger partial charge in [0.2, 0.25) is 5.91 Å². The standard InChI is InChI=1S/C18H33N3O2/c22-18(2-1-16-3-7-19-8-4-16)21-9-5-17(6-10-21)15-20-11-13-23-14-12-20/h16-17,19H,1-15H2. The summed E-state index contributed by atoms with van der Waals surface area (Å²) in [5.41, 5.74) is 0. The highest BCUT2D eigenvalue weighted by molar-refractivity contribution is 5.76. The first-order chi connectivity index (χ1) is 11.3. The minimum absolute atomic E-state index is 0.397. The molecule has 0 bridgehead atoms. The smallest absolute Gasteiger partial charge is 0.222 e. The zero-order valence-corrected chi connectivity index (χ0v) is 14.5. The van der Waals surface area contributed by atoms with Gasteiger partial charge in [0.25, 0.3) is 0 Å². The second kappa shape index (κ2) is 9.00. The quantitative estimate of drug-likeness (QED) is 0.829. The van der Waals surface area contributed by atoms with Crippen molar-refractivity contribution in [1.29, 1.82) is 0 Å². The molecule has 3 fully saturated rings. The number of amides is 1. The molecular weight excluding hydrogens is 290 g/mol. The molecule has 3 rings (SSSR count). The maximum Gasteiger partial charge on any atom is 0.222 e. The number of likely N-dealkylation sites (tertiary alicyclic amines) is 1. The van der Waals surface area contributed by atoms with E-state index in [1.165, 1.54) is 32.2 Å². The Balaban J connectivity index is 1.32. The van der Waals surface area contributed by atoms with E-state index in [0.717, 1.165) is 77.2 Å². The van der Waals surface area contributed by atoms with Crippen molar-refractivity contribution in [3.8, 4) is 0 Å². The van der Waals surface area contributed by atoms with Crippen LogP contribution in [0.2, 0.25) is 0 Å². The molecule has 3 heterocycles. The third-order valence-electron chi connectivity index (χ3n) is 5.81. The highest BCUT2D eigenvalue weighted by Crippen LogP contribution is 2.22. The molecule has 0 aromatic heterocycles. The van der Waals surface area contributed by atoms with Crippen LogP contribution in [0.4, 0.5) is 0 Å². The Kier molecular flexibility index (Phi) is 6.72. The second-order valence-corrected chi connectivity index (χ2v) is 7.47. The molecule has 1 N–H and O–H groups in total. The largest absolute Gasteiger partial charge is 0.379 e. The van der Waals surface area contributed by atoms with Gasteiger partial charge in [-0.25, -0.2) is 0 Å². The second-order valence-electron chi connectivity index (χ2n) is 7.47. The summed E-state index contributed by atoms with van der Waals surface area (Å²) in [5.74, 6) is 1.92. The molecule has 0 aliphatic carbocycles. The first kappa shape index (κ1) is 17.2. The van der Waals surface area contributed by atoms with Crippen LogP contribution < -0.4 is 5.32 Å². The maximum atomic E-state index is 12.4. The fraction of sp³-hybridized carbons (Fsp3) is 0.944. The first-order valence-corrected chi connectivity index (χ1v) is 9.60. The van der Waals surface area contributed by atoms with E-state index >= 15 is 0 Å². The Bertz CT molecular complexity index is 357. The van der Waals surface area contributed by atoms with Crippen molar-refractivity contribution in [2.75, 3.05) is 59.0 Å². The van der Waals surface area contributed by atoms with Crippen LogP contribution in [0.3, 0.4) is 0 Å². The molecule has 132 valence electrons. The molecule has 0 spiro atoms. The summed E-state index contributed by atoms with van der Waals surface area (Å²) in [6, 6.07) is 0. The minimum atomic E-state index is 0.397. The third-order valence-corrected chi connectivity index (χ3v) is 5.81. The summed E-state index contributed by atoms with van der Waals surface area (Å²) in [5, 5.41) is 3.40. The van der Waals surface area contributed by atoms with Gasteiger partial charge in [-0.15, -0.1) is 0 Å². The molecule has 0 aromatic carbocycles. The average molecular weight is 323 g/mol. The van der Waals surface area contributed by atoms with Crippen LogP contribution in [0.25, 0.3) is 0 Å². The summed E-state index contributed by atoms with van der Waals surface area (Å²) in [4.78, 5) is 17.1. The third kappa shape index (κ3) is 5.44. The van der Waals surface area contributed by atoms with Crippen molar-refractivity contribution in [3.63, 3.8) is 0 Å². The topological polar surface area (TPSA) is 44.8 Å². The molecule has 0 saturated carbocycles. The number of carbonyl (C=O) groups excluding carboxylic acids is 1. The average Bonchev–Trinajstić information content (AvgIpc) is 2.62. The molecule has 0 aromatic rings. The number of hydrogen-bond acceptors (Lipinski definition) is 4. The van der Waals surface area contributed by atoms with Crippen LogP contribution in [0.15, 0.2) is 0 Å². The first-order valence-electron chi connectivity index (χ1n) is 9.60. The number of rotatable bonds is 5. The van der Waals surface area contributed by atoms with Crippen LogP contribution in [0, 0.1) is 11.8 Å². The van der Waals surface area contributed by atoms with Crippen molar-refractivity contribution in [1.82, 2.24) is 15.1 Å². The fourth-order valence-electron chi connectivity index (χ4n) is 4.17. The zero-order valence-electron chi connectivity index (χ0n) is 14.5. The molecule has 5 nitrogen and oxygen atoms in total. The van der Waals surface area contributed by atoms with E-state index in [1.54, 1.807) is 0 Å². The van der Waals surface area contributed by atoms with Gasteiger partial charge < -0.3 is 15.0 Å². The number of carbonyl (C=O) groups is 1. The molecule has 3 aliphatic heterocycles. The summed E-state index contributed by atoms with van der Waals surface area (Å²) in [7, 11) is 0. The van der Waals surface area contributed by atoms with E-state index in [-0.39, 0.29) is 0 Å². The van der Waals surface area contributed by atoms with E-state index in [2.05, 4.69) is 15.1 Å². The van der Waals surface area contributed by atoms with Gasteiger partial charge in [0.1, 0.15) is 0 Å². The number of nitrogens with zero attached hydrogens (tertiary/aromatic N) is 2. The predicted octanol–water partition coefficient (Wildman–Crippen LogP) is 1.34. The number of piperidine rings is 2. The van der Waals surface area contributed by atoms with Crippen molar-refractivity contribution in [2.45, 2.75) is 38.5 Å². The van der Waals surface area contributed by atoms with E-state index in [4.69, 9.17) is 4.74 Å². The van der Waals surface area contributed by atoms with E-state index in [0.29, 0.717) is 5.91 Å². The number of hydrogen-bond donors (Lipinski definition) is 1. The predicted molar refractivity (Wildman–Crippen MR) is 91.4 cm³/mol. The van der Waals surface area contributed by atoms with Crippen LogP contribution in [-0.2, 0) is 9.53 Å². The zero-order chi connectivity index (χ0) is 15.9. The van der Waals surface area contributed by atoms with Gasteiger partial charge in [0.15, 0.2) is 0 Å². The van der Waals surface area contributed by atoms with Crippen LogP contribution in [0.5, 0.6) is 0 Å².